The molecular weight excluding hydrogens is 308 g/mol. The van der Waals surface area contributed by atoms with Crippen molar-refractivity contribution in [1.29, 1.82) is 0 Å². The van der Waals surface area contributed by atoms with Crippen molar-refractivity contribution in [1.82, 2.24) is 15.2 Å². The van der Waals surface area contributed by atoms with Crippen LogP contribution in [0.5, 0.6) is 0 Å². The highest BCUT2D eigenvalue weighted by atomic mass is 79.9. The van der Waals surface area contributed by atoms with Gasteiger partial charge < -0.3 is 4.74 Å². The standard InChI is InChI=1S/C13H25BrN4O/c1-6-7-18-11(9(14)8-16-18)10(17-15)12(19-5)13(2,3)4/h8,10,12,17H,6-7,15H2,1-5H3. The maximum absolute atomic E-state index is 5.78. The zero-order valence-electron chi connectivity index (χ0n) is 12.4. The average Bonchev–Trinajstić information content (AvgIpc) is 2.66. The molecule has 0 amide bonds. The van der Waals surface area contributed by atoms with Crippen LogP contribution in [0.2, 0.25) is 0 Å². The molecule has 2 unspecified atom stereocenters. The van der Waals surface area contributed by atoms with E-state index in [1.54, 1.807) is 7.11 Å². The number of methoxy groups -OCH3 is 1. The molecular formula is C13H25BrN4O. The first-order chi connectivity index (χ1) is 8.86. The van der Waals surface area contributed by atoms with Gasteiger partial charge in [-0.05, 0) is 27.8 Å². The fourth-order valence-electron chi connectivity index (χ4n) is 2.37. The Morgan fingerprint density at radius 1 is 1.53 bits per heavy atom. The molecule has 3 N–H and O–H groups in total. The van der Waals surface area contributed by atoms with Crippen molar-refractivity contribution in [2.24, 2.45) is 11.3 Å². The quantitative estimate of drug-likeness (QED) is 0.620. The summed E-state index contributed by atoms with van der Waals surface area (Å²) in [6, 6.07) is -0.117. The van der Waals surface area contributed by atoms with Gasteiger partial charge in [-0.25, -0.2) is 5.43 Å². The summed E-state index contributed by atoms with van der Waals surface area (Å²) in [5.41, 5.74) is 3.88. The third kappa shape index (κ3) is 3.78. The van der Waals surface area contributed by atoms with Crippen molar-refractivity contribution in [3.05, 3.63) is 16.4 Å². The van der Waals surface area contributed by atoms with Gasteiger partial charge in [-0.3, -0.25) is 10.5 Å². The highest BCUT2D eigenvalue weighted by molar-refractivity contribution is 9.10. The SMILES string of the molecule is CCCn1ncc(Br)c1C(NN)C(OC)C(C)(C)C. The molecule has 19 heavy (non-hydrogen) atoms. The molecule has 1 aromatic heterocycles. The smallest absolute Gasteiger partial charge is 0.0906 e. The fraction of sp³-hybridized carbons (Fsp3) is 0.769. The van der Waals surface area contributed by atoms with Crippen LogP contribution in [0.3, 0.4) is 0 Å². The number of aryl methyl sites for hydroxylation is 1. The van der Waals surface area contributed by atoms with E-state index < -0.39 is 0 Å². The van der Waals surface area contributed by atoms with E-state index >= 15 is 0 Å². The van der Waals surface area contributed by atoms with E-state index in [9.17, 15) is 0 Å². The Labute approximate surface area is 124 Å². The molecule has 1 rings (SSSR count). The van der Waals surface area contributed by atoms with E-state index in [1.807, 2.05) is 10.9 Å². The average molecular weight is 333 g/mol. The molecule has 1 aromatic rings. The second-order valence-corrected chi connectivity index (χ2v) is 6.62. The third-order valence-corrected chi connectivity index (χ3v) is 3.76. The van der Waals surface area contributed by atoms with Gasteiger partial charge in [0.2, 0.25) is 0 Å². The molecule has 0 aliphatic rings. The first-order valence-corrected chi connectivity index (χ1v) is 7.36. The highest BCUT2D eigenvalue weighted by Crippen LogP contribution is 2.35. The molecule has 0 aliphatic heterocycles. The van der Waals surface area contributed by atoms with Gasteiger partial charge in [-0.2, -0.15) is 5.10 Å². The number of nitrogens with zero attached hydrogens (tertiary/aromatic N) is 2. The minimum absolute atomic E-state index is 0.0352. The van der Waals surface area contributed by atoms with Crippen LogP contribution in [0, 0.1) is 5.41 Å². The molecule has 0 radical (unpaired) electrons. The molecule has 0 bridgehead atoms. The van der Waals surface area contributed by atoms with E-state index in [-0.39, 0.29) is 17.6 Å². The Hall–Kier alpha value is -0.430. The first-order valence-electron chi connectivity index (χ1n) is 6.56. The van der Waals surface area contributed by atoms with Crippen LogP contribution in [-0.2, 0) is 11.3 Å². The molecule has 1 heterocycles. The number of rotatable bonds is 6. The van der Waals surface area contributed by atoms with Crippen LogP contribution in [0.4, 0.5) is 0 Å². The van der Waals surface area contributed by atoms with Crippen LogP contribution < -0.4 is 11.3 Å². The third-order valence-electron chi connectivity index (χ3n) is 3.15. The molecule has 0 aromatic carbocycles. The number of hydrogen-bond acceptors (Lipinski definition) is 4. The zero-order valence-corrected chi connectivity index (χ0v) is 14.0. The second-order valence-electron chi connectivity index (χ2n) is 5.77. The normalized spacial score (nSPS) is 15.5. The van der Waals surface area contributed by atoms with Gasteiger partial charge in [0.15, 0.2) is 0 Å². The number of ether oxygens (including phenoxy) is 1. The summed E-state index contributed by atoms with van der Waals surface area (Å²) in [7, 11) is 1.72. The molecule has 2 atom stereocenters. The summed E-state index contributed by atoms with van der Waals surface area (Å²) in [4.78, 5) is 0. The van der Waals surface area contributed by atoms with E-state index in [1.165, 1.54) is 0 Å². The lowest BCUT2D eigenvalue weighted by molar-refractivity contribution is -0.0143. The lowest BCUT2D eigenvalue weighted by atomic mass is 9.83. The number of hydrazine groups is 1. The first kappa shape index (κ1) is 16.6. The summed E-state index contributed by atoms with van der Waals surface area (Å²) in [6.45, 7) is 9.40. The van der Waals surface area contributed by atoms with Gasteiger partial charge in [-0.15, -0.1) is 0 Å². The van der Waals surface area contributed by atoms with Crippen molar-refractivity contribution < 1.29 is 4.74 Å². The van der Waals surface area contributed by atoms with Gasteiger partial charge in [0.25, 0.3) is 0 Å². The topological polar surface area (TPSA) is 65.1 Å². The van der Waals surface area contributed by atoms with Crippen LogP contribution in [-0.4, -0.2) is 23.0 Å². The number of hydrogen-bond donors (Lipinski definition) is 2. The van der Waals surface area contributed by atoms with Gasteiger partial charge in [-0.1, -0.05) is 27.7 Å². The summed E-state index contributed by atoms with van der Waals surface area (Å²) in [6.07, 6.45) is 2.78. The lowest BCUT2D eigenvalue weighted by Gasteiger charge is -2.36. The second kappa shape index (κ2) is 6.83. The van der Waals surface area contributed by atoms with Gasteiger partial charge in [0.05, 0.1) is 28.5 Å². The molecule has 0 fully saturated rings. The molecule has 110 valence electrons. The van der Waals surface area contributed by atoms with Gasteiger partial charge >= 0.3 is 0 Å². The van der Waals surface area contributed by atoms with E-state index in [0.29, 0.717) is 0 Å². The predicted octanol–water partition coefficient (Wildman–Crippen LogP) is 2.62. The highest BCUT2D eigenvalue weighted by Gasteiger charge is 2.35. The minimum Gasteiger partial charge on any atom is -0.379 e. The monoisotopic (exact) mass is 332 g/mol. The summed E-state index contributed by atoms with van der Waals surface area (Å²) in [5, 5.41) is 4.39. The van der Waals surface area contributed by atoms with Crippen molar-refractivity contribution in [3.63, 3.8) is 0 Å². The number of aromatic nitrogens is 2. The number of halogens is 1. The maximum Gasteiger partial charge on any atom is 0.0906 e. The Morgan fingerprint density at radius 2 is 2.16 bits per heavy atom. The van der Waals surface area contributed by atoms with Gasteiger partial charge in [0, 0.05) is 13.7 Å². The Balaban J connectivity index is 3.18. The molecule has 0 aliphatic carbocycles. The van der Waals surface area contributed by atoms with Crippen molar-refractivity contribution in [3.8, 4) is 0 Å². The number of nitrogens with one attached hydrogen (secondary N) is 1. The molecule has 6 heteroatoms. The largest absolute Gasteiger partial charge is 0.379 e. The van der Waals surface area contributed by atoms with Crippen LogP contribution >= 0.6 is 15.9 Å². The summed E-state index contributed by atoms with van der Waals surface area (Å²) in [5.74, 6) is 5.78. The Bertz CT molecular complexity index is 400. The lowest BCUT2D eigenvalue weighted by Crippen LogP contribution is -2.45. The predicted molar refractivity (Wildman–Crippen MR) is 80.5 cm³/mol. The fourth-order valence-corrected chi connectivity index (χ4v) is 2.91. The molecule has 0 spiro atoms. The zero-order chi connectivity index (χ0) is 14.6. The summed E-state index contributed by atoms with van der Waals surface area (Å²) < 4.78 is 8.61. The van der Waals surface area contributed by atoms with Crippen LogP contribution in [0.1, 0.15) is 45.9 Å². The van der Waals surface area contributed by atoms with E-state index in [0.717, 1.165) is 23.1 Å². The van der Waals surface area contributed by atoms with Crippen LogP contribution in [0.15, 0.2) is 10.7 Å². The van der Waals surface area contributed by atoms with Crippen molar-refractivity contribution in [2.45, 2.75) is 52.8 Å². The number of nitrogens with two attached hydrogens (primary N) is 1. The molecule has 5 nitrogen and oxygen atoms in total. The molecule has 0 saturated heterocycles. The van der Waals surface area contributed by atoms with Gasteiger partial charge in [0.1, 0.15) is 0 Å². The van der Waals surface area contributed by atoms with E-state index in [4.69, 9.17) is 10.6 Å². The minimum atomic E-state index is -0.117. The molecule has 0 saturated carbocycles. The maximum atomic E-state index is 5.78. The Morgan fingerprint density at radius 3 is 2.58 bits per heavy atom. The van der Waals surface area contributed by atoms with E-state index in [2.05, 4.69) is 54.1 Å². The van der Waals surface area contributed by atoms with Crippen LogP contribution in [0.25, 0.3) is 0 Å². The Kier molecular flexibility index (Phi) is 5.98. The summed E-state index contributed by atoms with van der Waals surface area (Å²) >= 11 is 3.56. The van der Waals surface area contributed by atoms with Crippen molar-refractivity contribution in [2.75, 3.05) is 7.11 Å². The van der Waals surface area contributed by atoms with Crippen molar-refractivity contribution >= 4 is 15.9 Å².